The van der Waals surface area contributed by atoms with Crippen LogP contribution < -0.4 is 19.7 Å². The van der Waals surface area contributed by atoms with Crippen molar-refractivity contribution in [2.45, 2.75) is 19.8 Å². The maximum Gasteiger partial charge on any atom is 0.241 e. The van der Waals surface area contributed by atoms with Crippen molar-refractivity contribution in [2.75, 3.05) is 37.9 Å². The molecule has 26 heavy (non-hydrogen) atoms. The predicted octanol–water partition coefficient (Wildman–Crippen LogP) is 0.507. The normalized spacial score (nSPS) is 23.8. The van der Waals surface area contributed by atoms with Crippen molar-refractivity contribution in [3.63, 3.8) is 0 Å². The number of fused-ring (bicyclic) bond motifs is 1. The Morgan fingerprint density at radius 1 is 1.23 bits per heavy atom. The van der Waals surface area contributed by atoms with Crippen LogP contribution in [-0.4, -0.2) is 55.6 Å². The lowest BCUT2D eigenvalue weighted by Crippen LogP contribution is -2.40. The number of nitrogens with one attached hydrogen (secondary N) is 1. The summed E-state index contributed by atoms with van der Waals surface area (Å²) < 4.78 is 10.7. The first-order valence-electron chi connectivity index (χ1n) is 8.68. The third kappa shape index (κ3) is 2.95. The van der Waals surface area contributed by atoms with Crippen LogP contribution in [0.3, 0.4) is 0 Å². The number of benzene rings is 1. The number of amides is 3. The third-order valence-corrected chi connectivity index (χ3v) is 5.27. The highest BCUT2D eigenvalue weighted by atomic mass is 16.7. The topological polar surface area (TPSA) is 88.2 Å². The van der Waals surface area contributed by atoms with Crippen molar-refractivity contribution >= 4 is 23.4 Å². The van der Waals surface area contributed by atoms with Gasteiger partial charge in [-0.1, -0.05) is 0 Å². The van der Waals surface area contributed by atoms with E-state index in [1.165, 1.54) is 6.92 Å². The number of rotatable bonds is 3. The molecule has 3 aliphatic heterocycles. The minimum atomic E-state index is -0.225. The zero-order chi connectivity index (χ0) is 18.3. The molecule has 2 saturated heterocycles. The van der Waals surface area contributed by atoms with Gasteiger partial charge >= 0.3 is 0 Å². The maximum absolute atomic E-state index is 12.6. The summed E-state index contributed by atoms with van der Waals surface area (Å²) in [6.07, 6.45) is 1.21. The number of anilines is 1. The Morgan fingerprint density at radius 3 is 2.85 bits per heavy atom. The van der Waals surface area contributed by atoms with E-state index in [0.717, 1.165) is 12.1 Å². The molecule has 1 aromatic carbocycles. The van der Waals surface area contributed by atoms with Crippen LogP contribution in [0.1, 0.15) is 19.8 Å². The summed E-state index contributed by atoms with van der Waals surface area (Å²) in [5.41, 5.74) is 0.568. The fourth-order valence-electron chi connectivity index (χ4n) is 3.92. The summed E-state index contributed by atoms with van der Waals surface area (Å²) in [6, 6.07) is 5.50. The van der Waals surface area contributed by atoms with E-state index in [2.05, 4.69) is 5.32 Å². The van der Waals surface area contributed by atoms with Gasteiger partial charge in [0.05, 0.1) is 6.54 Å². The summed E-state index contributed by atoms with van der Waals surface area (Å²) in [4.78, 5) is 39.3. The third-order valence-electron chi connectivity index (χ3n) is 5.27. The van der Waals surface area contributed by atoms with Gasteiger partial charge in [0, 0.05) is 50.1 Å². The number of hydrogen-bond donors (Lipinski definition) is 1. The predicted molar refractivity (Wildman–Crippen MR) is 91.8 cm³/mol. The zero-order valence-corrected chi connectivity index (χ0v) is 14.6. The molecular weight excluding hydrogens is 338 g/mol. The van der Waals surface area contributed by atoms with Gasteiger partial charge in [0.25, 0.3) is 0 Å². The molecule has 3 aliphatic rings. The summed E-state index contributed by atoms with van der Waals surface area (Å²) in [7, 11) is 0. The van der Waals surface area contributed by atoms with Gasteiger partial charge in [0.1, 0.15) is 0 Å². The van der Waals surface area contributed by atoms with Crippen LogP contribution in [0.15, 0.2) is 18.2 Å². The molecule has 2 fully saturated rings. The summed E-state index contributed by atoms with van der Waals surface area (Å²) >= 11 is 0. The van der Waals surface area contributed by atoms with E-state index in [1.807, 2.05) is 18.2 Å². The molecule has 0 radical (unpaired) electrons. The van der Waals surface area contributed by atoms with Crippen LogP contribution in [0, 0.1) is 5.41 Å². The molecule has 1 N–H and O–H groups in total. The summed E-state index contributed by atoms with van der Waals surface area (Å²) in [5.74, 6) is 1.06. The van der Waals surface area contributed by atoms with Crippen LogP contribution in [0.5, 0.6) is 11.5 Å². The second-order valence-electron chi connectivity index (χ2n) is 7.17. The van der Waals surface area contributed by atoms with Crippen LogP contribution in [-0.2, 0) is 14.4 Å². The molecule has 4 rings (SSSR count). The molecule has 3 amide bonds. The first-order valence-corrected chi connectivity index (χ1v) is 8.68. The van der Waals surface area contributed by atoms with Crippen LogP contribution in [0.2, 0.25) is 0 Å². The van der Waals surface area contributed by atoms with Gasteiger partial charge in [-0.3, -0.25) is 14.4 Å². The quantitative estimate of drug-likeness (QED) is 0.849. The van der Waals surface area contributed by atoms with Crippen LogP contribution in [0.25, 0.3) is 0 Å². The Kier molecular flexibility index (Phi) is 3.97. The minimum absolute atomic E-state index is 0.00519. The zero-order valence-electron chi connectivity index (χ0n) is 14.6. The first-order chi connectivity index (χ1) is 12.5. The van der Waals surface area contributed by atoms with E-state index < -0.39 is 0 Å². The van der Waals surface area contributed by atoms with E-state index in [1.54, 1.807) is 9.80 Å². The smallest absolute Gasteiger partial charge is 0.241 e. The number of nitrogens with zero attached hydrogens (tertiary/aromatic N) is 2. The standard InChI is InChI=1S/C18H21N3O5/c1-12(22)19-8-17(24)20-5-4-18(9-20)7-16(23)21(10-18)13-2-3-14-15(6-13)26-11-25-14/h2-3,6H,4-5,7-11H2,1H3,(H,19,22)/t18-/m1/s1. The second kappa shape index (κ2) is 6.19. The van der Waals surface area contributed by atoms with Crippen LogP contribution >= 0.6 is 0 Å². The van der Waals surface area contributed by atoms with Crippen LogP contribution in [0.4, 0.5) is 5.69 Å². The number of hydrogen-bond acceptors (Lipinski definition) is 5. The molecule has 0 bridgehead atoms. The largest absolute Gasteiger partial charge is 0.454 e. The molecule has 8 heteroatoms. The Bertz CT molecular complexity index is 780. The molecule has 0 unspecified atom stereocenters. The fraction of sp³-hybridized carbons (Fsp3) is 0.500. The monoisotopic (exact) mass is 359 g/mol. The average molecular weight is 359 g/mol. The summed E-state index contributed by atoms with van der Waals surface area (Å²) in [5, 5.41) is 2.54. The number of ether oxygens (including phenoxy) is 2. The van der Waals surface area contributed by atoms with Gasteiger partial charge in [-0.2, -0.15) is 0 Å². The number of carbonyl (C=O) groups is 3. The second-order valence-corrected chi connectivity index (χ2v) is 7.17. The highest BCUT2D eigenvalue weighted by molar-refractivity contribution is 5.97. The summed E-state index contributed by atoms with van der Waals surface area (Å²) in [6.45, 7) is 3.32. The van der Waals surface area contributed by atoms with Crippen molar-refractivity contribution in [1.82, 2.24) is 10.2 Å². The SMILES string of the molecule is CC(=O)NCC(=O)N1CC[C@@]2(CC(=O)N(c3ccc4c(c3)OCO4)C2)C1. The highest BCUT2D eigenvalue weighted by Gasteiger charge is 2.48. The molecule has 1 atom stereocenters. The van der Waals surface area contributed by atoms with Crippen molar-refractivity contribution < 1.29 is 23.9 Å². The number of carbonyl (C=O) groups excluding carboxylic acids is 3. The van der Waals surface area contributed by atoms with E-state index >= 15 is 0 Å². The highest BCUT2D eigenvalue weighted by Crippen LogP contribution is 2.43. The molecule has 0 aliphatic carbocycles. The fourth-order valence-corrected chi connectivity index (χ4v) is 3.92. The van der Waals surface area contributed by atoms with Gasteiger partial charge in [-0.25, -0.2) is 0 Å². The van der Waals surface area contributed by atoms with Crippen molar-refractivity contribution in [1.29, 1.82) is 0 Å². The van der Waals surface area contributed by atoms with Gasteiger partial charge in [-0.15, -0.1) is 0 Å². The first kappa shape index (κ1) is 16.7. The average Bonchev–Trinajstić information content (AvgIpc) is 3.31. The van der Waals surface area contributed by atoms with Crippen molar-refractivity contribution in [2.24, 2.45) is 5.41 Å². The lowest BCUT2D eigenvalue weighted by Gasteiger charge is -2.24. The molecular formula is C18H21N3O5. The Hall–Kier alpha value is -2.77. The van der Waals surface area contributed by atoms with E-state index in [0.29, 0.717) is 37.6 Å². The van der Waals surface area contributed by atoms with Gasteiger partial charge < -0.3 is 24.6 Å². The molecule has 0 aromatic heterocycles. The van der Waals surface area contributed by atoms with Crippen molar-refractivity contribution in [3.8, 4) is 11.5 Å². The van der Waals surface area contributed by atoms with Gasteiger partial charge in [-0.05, 0) is 18.6 Å². The Balaban J connectivity index is 1.44. The molecule has 3 heterocycles. The number of likely N-dealkylation sites (tertiary alicyclic amines) is 1. The molecule has 1 spiro atoms. The lowest BCUT2D eigenvalue weighted by atomic mass is 9.86. The Morgan fingerprint density at radius 2 is 2.04 bits per heavy atom. The molecule has 8 nitrogen and oxygen atoms in total. The molecule has 138 valence electrons. The van der Waals surface area contributed by atoms with E-state index in [-0.39, 0.29) is 36.5 Å². The lowest BCUT2D eigenvalue weighted by molar-refractivity contribution is -0.132. The maximum atomic E-state index is 12.6. The molecule has 1 aromatic rings. The van der Waals surface area contributed by atoms with Gasteiger partial charge in [0.15, 0.2) is 11.5 Å². The van der Waals surface area contributed by atoms with Crippen molar-refractivity contribution in [3.05, 3.63) is 18.2 Å². The van der Waals surface area contributed by atoms with E-state index in [4.69, 9.17) is 9.47 Å². The Labute approximate surface area is 151 Å². The minimum Gasteiger partial charge on any atom is -0.454 e. The molecule has 0 saturated carbocycles. The van der Waals surface area contributed by atoms with Gasteiger partial charge in [0.2, 0.25) is 24.5 Å². The van der Waals surface area contributed by atoms with E-state index in [9.17, 15) is 14.4 Å².